The summed E-state index contributed by atoms with van der Waals surface area (Å²) in [5.41, 5.74) is 2.72. The largest absolute Gasteiger partial charge is 0.507 e. The molecule has 29 heavy (non-hydrogen) atoms. The van der Waals surface area contributed by atoms with Gasteiger partial charge in [0.05, 0.1) is 20.7 Å². The first-order valence-corrected chi connectivity index (χ1v) is 10.9. The molecule has 1 aliphatic rings. The second kappa shape index (κ2) is 8.84. The van der Waals surface area contributed by atoms with Crippen LogP contribution in [-0.4, -0.2) is 21.1 Å². The molecule has 1 amide bonds. The van der Waals surface area contributed by atoms with Gasteiger partial charge in [0.1, 0.15) is 5.75 Å². The number of carbonyl (C=O) groups excluding carboxylic acids is 1. The maximum Gasteiger partial charge on any atom is 0.267 e. The van der Waals surface area contributed by atoms with Gasteiger partial charge in [-0.25, -0.2) is 4.99 Å². The average molecular weight is 512 g/mol. The number of carbonyl (C=O) groups is 1. The molecule has 3 aromatic rings. The van der Waals surface area contributed by atoms with E-state index >= 15 is 0 Å². The molecule has 1 heterocycles. The van der Waals surface area contributed by atoms with Gasteiger partial charge in [0.2, 0.25) is 0 Å². The van der Waals surface area contributed by atoms with Gasteiger partial charge in [-0.15, -0.1) is 0 Å². The molecule has 4 rings (SSSR count). The van der Waals surface area contributed by atoms with Crippen molar-refractivity contribution >= 4 is 57.2 Å². The number of nitrogens with zero attached hydrogens (tertiary/aromatic N) is 2. The number of amides is 1. The molecule has 1 fully saturated rings. The van der Waals surface area contributed by atoms with Crippen molar-refractivity contribution in [2.24, 2.45) is 4.99 Å². The van der Waals surface area contributed by atoms with Crippen LogP contribution in [0.15, 0.2) is 88.8 Å². The molecule has 3 aromatic carbocycles. The fourth-order valence-corrected chi connectivity index (χ4v) is 4.41. The van der Waals surface area contributed by atoms with Gasteiger partial charge < -0.3 is 5.11 Å². The highest BCUT2D eigenvalue weighted by Crippen LogP contribution is 2.35. The first-order valence-electron chi connectivity index (χ1n) is 8.98. The maximum absolute atomic E-state index is 13.2. The molecule has 0 aliphatic carbocycles. The van der Waals surface area contributed by atoms with Crippen LogP contribution in [-0.2, 0) is 11.3 Å². The van der Waals surface area contributed by atoms with Gasteiger partial charge in [0, 0.05) is 0 Å². The lowest BCUT2D eigenvalue weighted by Gasteiger charge is -2.15. The van der Waals surface area contributed by atoms with Crippen LogP contribution in [0.1, 0.15) is 11.1 Å². The Morgan fingerprint density at radius 3 is 2.38 bits per heavy atom. The lowest BCUT2D eigenvalue weighted by molar-refractivity contribution is -0.122. The number of aromatic hydroxyl groups is 1. The van der Waals surface area contributed by atoms with E-state index in [1.807, 2.05) is 72.8 Å². The van der Waals surface area contributed by atoms with E-state index in [4.69, 9.17) is 4.99 Å². The fraction of sp³-hybridized carbons (Fsp3) is 0.0435. The molecule has 144 valence electrons. The average Bonchev–Trinajstić information content (AvgIpc) is 3.01. The SMILES string of the molecule is O=C1/C(=C/c2ccc(O)c(I)c2)SC(=Nc2ccccc2)N1Cc1ccccc1. The molecule has 0 spiro atoms. The highest BCUT2D eigenvalue weighted by atomic mass is 127. The zero-order chi connectivity index (χ0) is 20.2. The lowest BCUT2D eigenvalue weighted by Crippen LogP contribution is -2.28. The minimum Gasteiger partial charge on any atom is -0.507 e. The van der Waals surface area contributed by atoms with Crippen LogP contribution in [0.3, 0.4) is 0 Å². The second-order valence-corrected chi connectivity index (χ2v) is 8.60. The number of hydrogen-bond donors (Lipinski definition) is 1. The smallest absolute Gasteiger partial charge is 0.267 e. The van der Waals surface area contributed by atoms with E-state index in [9.17, 15) is 9.90 Å². The first-order chi connectivity index (χ1) is 14.1. The topological polar surface area (TPSA) is 52.9 Å². The van der Waals surface area contributed by atoms with Crippen molar-refractivity contribution in [3.8, 4) is 5.75 Å². The summed E-state index contributed by atoms with van der Waals surface area (Å²) in [5, 5.41) is 10.4. The fourth-order valence-electron chi connectivity index (χ4n) is 2.87. The van der Waals surface area contributed by atoms with Crippen LogP contribution >= 0.6 is 34.4 Å². The zero-order valence-electron chi connectivity index (χ0n) is 15.3. The number of aliphatic imine (C=N–C) groups is 1. The molecule has 4 nitrogen and oxygen atoms in total. The summed E-state index contributed by atoms with van der Waals surface area (Å²) in [6.45, 7) is 0.461. The third-order valence-corrected chi connectivity index (χ3v) is 6.19. The van der Waals surface area contributed by atoms with Crippen LogP contribution in [0.5, 0.6) is 5.75 Å². The van der Waals surface area contributed by atoms with E-state index in [-0.39, 0.29) is 11.7 Å². The summed E-state index contributed by atoms with van der Waals surface area (Å²) in [6, 6.07) is 24.8. The molecule has 0 bridgehead atoms. The van der Waals surface area contributed by atoms with Crippen molar-refractivity contribution in [3.05, 3.63) is 98.5 Å². The molecule has 0 aromatic heterocycles. The van der Waals surface area contributed by atoms with Gasteiger partial charge in [-0.3, -0.25) is 9.69 Å². The molecule has 6 heteroatoms. The molecule has 0 saturated carbocycles. The summed E-state index contributed by atoms with van der Waals surface area (Å²) >= 11 is 3.44. The number of benzene rings is 3. The summed E-state index contributed by atoms with van der Waals surface area (Å²) in [6.07, 6.45) is 1.85. The Morgan fingerprint density at radius 1 is 1.00 bits per heavy atom. The summed E-state index contributed by atoms with van der Waals surface area (Å²) in [7, 11) is 0. The first kappa shape index (κ1) is 19.7. The van der Waals surface area contributed by atoms with E-state index in [1.54, 1.807) is 17.0 Å². The van der Waals surface area contributed by atoms with Gasteiger partial charge in [-0.05, 0) is 75.8 Å². The summed E-state index contributed by atoms with van der Waals surface area (Å²) < 4.78 is 0.742. The van der Waals surface area contributed by atoms with E-state index in [0.717, 1.165) is 20.4 Å². The normalized spacial score (nSPS) is 16.7. The van der Waals surface area contributed by atoms with E-state index < -0.39 is 0 Å². The molecular formula is C23H17IN2O2S. The lowest BCUT2D eigenvalue weighted by atomic mass is 10.2. The highest BCUT2D eigenvalue weighted by Gasteiger charge is 2.33. The molecule has 0 unspecified atom stereocenters. The van der Waals surface area contributed by atoms with Gasteiger partial charge in [-0.1, -0.05) is 54.6 Å². The van der Waals surface area contributed by atoms with Gasteiger partial charge >= 0.3 is 0 Å². The van der Waals surface area contributed by atoms with Crippen molar-refractivity contribution in [1.29, 1.82) is 0 Å². The third-order valence-electron chi connectivity index (χ3n) is 4.32. The Kier molecular flexibility index (Phi) is 6.01. The predicted molar refractivity (Wildman–Crippen MR) is 127 cm³/mol. The zero-order valence-corrected chi connectivity index (χ0v) is 18.3. The Morgan fingerprint density at radius 2 is 1.69 bits per heavy atom. The Bertz CT molecular complexity index is 1100. The minimum absolute atomic E-state index is 0.0726. The van der Waals surface area contributed by atoms with Crippen molar-refractivity contribution in [2.75, 3.05) is 0 Å². The van der Waals surface area contributed by atoms with E-state index in [2.05, 4.69) is 22.6 Å². The van der Waals surface area contributed by atoms with Crippen molar-refractivity contribution in [1.82, 2.24) is 4.90 Å². The van der Waals surface area contributed by atoms with Crippen LogP contribution < -0.4 is 0 Å². The maximum atomic E-state index is 13.2. The van der Waals surface area contributed by atoms with Crippen LogP contribution in [0.4, 0.5) is 5.69 Å². The summed E-state index contributed by atoms with van der Waals surface area (Å²) in [4.78, 5) is 20.2. The van der Waals surface area contributed by atoms with Crippen molar-refractivity contribution < 1.29 is 9.90 Å². The molecule has 1 saturated heterocycles. The number of phenols is 1. The Balaban J connectivity index is 1.70. The van der Waals surface area contributed by atoms with Crippen LogP contribution in [0, 0.1) is 3.57 Å². The third kappa shape index (κ3) is 4.71. The molecule has 1 aliphatic heterocycles. The predicted octanol–water partition coefficient (Wildman–Crippen LogP) is 5.80. The standard InChI is InChI=1S/C23H17IN2O2S/c24-19-13-17(11-12-20(19)27)14-21-22(28)26(15-16-7-3-1-4-8-16)23(29-21)25-18-9-5-2-6-10-18/h1-14,27H,15H2/b21-14-,25-23?. The molecule has 1 N–H and O–H groups in total. The number of hydrogen-bond acceptors (Lipinski definition) is 4. The highest BCUT2D eigenvalue weighted by molar-refractivity contribution is 14.1. The van der Waals surface area contributed by atoms with Crippen LogP contribution in [0.25, 0.3) is 6.08 Å². The molecular weight excluding hydrogens is 495 g/mol. The van der Waals surface area contributed by atoms with Gasteiger partial charge in [0.25, 0.3) is 5.91 Å². The van der Waals surface area contributed by atoms with Crippen molar-refractivity contribution in [3.63, 3.8) is 0 Å². The Hall–Kier alpha value is -2.58. The van der Waals surface area contributed by atoms with E-state index in [0.29, 0.717) is 16.6 Å². The molecule has 0 atom stereocenters. The minimum atomic E-state index is -0.0726. The second-order valence-electron chi connectivity index (χ2n) is 6.43. The number of rotatable bonds is 4. The van der Waals surface area contributed by atoms with Gasteiger partial charge in [0.15, 0.2) is 5.17 Å². The number of para-hydroxylation sites is 1. The van der Waals surface area contributed by atoms with Crippen molar-refractivity contribution in [2.45, 2.75) is 6.54 Å². The quantitative estimate of drug-likeness (QED) is 0.355. The monoisotopic (exact) mass is 512 g/mol. The Labute approximate surface area is 187 Å². The number of thioether (sulfide) groups is 1. The number of halogens is 1. The van der Waals surface area contributed by atoms with Crippen LogP contribution in [0.2, 0.25) is 0 Å². The van der Waals surface area contributed by atoms with Gasteiger partial charge in [-0.2, -0.15) is 0 Å². The number of amidine groups is 1. The number of phenolic OH excluding ortho intramolecular Hbond substituents is 1. The summed E-state index contributed by atoms with van der Waals surface area (Å²) in [5.74, 6) is 0.159. The van der Waals surface area contributed by atoms with E-state index in [1.165, 1.54) is 11.8 Å². The molecule has 0 radical (unpaired) electrons.